The third-order valence-corrected chi connectivity index (χ3v) is 2.92. The Morgan fingerprint density at radius 1 is 1.59 bits per heavy atom. The fraction of sp³-hybridized carbons (Fsp3) is 0.500. The number of aromatic nitrogens is 1. The Morgan fingerprint density at radius 2 is 2.41 bits per heavy atom. The van der Waals surface area contributed by atoms with E-state index < -0.39 is 0 Å². The van der Waals surface area contributed by atoms with Gasteiger partial charge in [-0.1, -0.05) is 0 Å². The molecular weight excluding hydrogens is 218 g/mol. The van der Waals surface area contributed by atoms with E-state index in [9.17, 15) is 4.79 Å². The molecular formula is C12H17N3O2. The van der Waals surface area contributed by atoms with Crippen molar-refractivity contribution in [2.45, 2.75) is 31.4 Å². The summed E-state index contributed by atoms with van der Waals surface area (Å²) < 4.78 is 5.78. The normalized spacial score (nSPS) is 23.4. The van der Waals surface area contributed by atoms with Crippen LogP contribution in [0.25, 0.3) is 0 Å². The van der Waals surface area contributed by atoms with Gasteiger partial charge in [-0.3, -0.25) is 9.78 Å². The minimum absolute atomic E-state index is 0.157. The molecule has 1 aliphatic carbocycles. The summed E-state index contributed by atoms with van der Waals surface area (Å²) in [6.45, 7) is 0. The Hall–Kier alpha value is -1.62. The van der Waals surface area contributed by atoms with Crippen LogP contribution in [0.2, 0.25) is 0 Å². The molecule has 1 amide bonds. The van der Waals surface area contributed by atoms with E-state index in [2.05, 4.69) is 10.3 Å². The molecule has 0 radical (unpaired) electrons. The number of nitrogens with one attached hydrogen (secondary N) is 1. The third-order valence-electron chi connectivity index (χ3n) is 2.92. The van der Waals surface area contributed by atoms with Gasteiger partial charge in [0.05, 0.1) is 0 Å². The zero-order valence-corrected chi connectivity index (χ0v) is 9.85. The molecule has 2 unspecified atom stereocenters. The van der Waals surface area contributed by atoms with E-state index >= 15 is 0 Å². The van der Waals surface area contributed by atoms with Crippen molar-refractivity contribution in [3.8, 4) is 5.75 Å². The van der Waals surface area contributed by atoms with Crippen LogP contribution in [0.15, 0.2) is 18.3 Å². The molecule has 0 spiro atoms. The number of carbonyl (C=O) groups excluding carboxylic acids is 1. The maximum Gasteiger partial charge on any atom is 0.269 e. The number of nitrogens with two attached hydrogens (primary N) is 1. The van der Waals surface area contributed by atoms with Crippen LogP contribution in [0.1, 0.15) is 29.8 Å². The first-order valence-electron chi connectivity index (χ1n) is 5.79. The van der Waals surface area contributed by atoms with Gasteiger partial charge >= 0.3 is 0 Å². The minimum atomic E-state index is -0.210. The number of rotatable bonds is 3. The van der Waals surface area contributed by atoms with E-state index in [4.69, 9.17) is 10.5 Å². The van der Waals surface area contributed by atoms with Crippen molar-refractivity contribution in [2.24, 2.45) is 5.73 Å². The number of amides is 1. The third kappa shape index (κ3) is 2.94. The molecule has 1 saturated carbocycles. The number of ether oxygens (including phenoxy) is 1. The van der Waals surface area contributed by atoms with Gasteiger partial charge in [0, 0.05) is 25.4 Å². The molecule has 0 bridgehead atoms. The van der Waals surface area contributed by atoms with Crippen LogP contribution >= 0.6 is 0 Å². The second-order valence-corrected chi connectivity index (χ2v) is 4.27. The second kappa shape index (κ2) is 5.14. The number of nitrogens with zero attached hydrogens (tertiary/aromatic N) is 1. The van der Waals surface area contributed by atoms with Crippen LogP contribution in [-0.4, -0.2) is 30.1 Å². The van der Waals surface area contributed by atoms with Crippen molar-refractivity contribution in [1.82, 2.24) is 10.3 Å². The molecule has 1 aromatic heterocycles. The van der Waals surface area contributed by atoms with Crippen LogP contribution in [0, 0.1) is 0 Å². The van der Waals surface area contributed by atoms with Crippen LogP contribution in [0.3, 0.4) is 0 Å². The highest BCUT2D eigenvalue weighted by Gasteiger charge is 2.23. The lowest BCUT2D eigenvalue weighted by Gasteiger charge is -2.13. The van der Waals surface area contributed by atoms with Gasteiger partial charge in [-0.05, 0) is 25.3 Å². The van der Waals surface area contributed by atoms with E-state index in [0.717, 1.165) is 19.3 Å². The van der Waals surface area contributed by atoms with Gasteiger partial charge < -0.3 is 15.8 Å². The number of carbonyl (C=O) groups is 1. The predicted molar refractivity (Wildman–Crippen MR) is 63.9 cm³/mol. The molecule has 5 heteroatoms. The number of pyridine rings is 1. The first-order chi connectivity index (χ1) is 8.19. The maximum atomic E-state index is 11.4. The van der Waals surface area contributed by atoms with E-state index in [1.54, 1.807) is 25.4 Å². The zero-order valence-electron chi connectivity index (χ0n) is 9.85. The van der Waals surface area contributed by atoms with Gasteiger partial charge in [-0.15, -0.1) is 0 Å². The molecule has 0 aromatic carbocycles. The van der Waals surface area contributed by atoms with Gasteiger partial charge in [-0.25, -0.2) is 0 Å². The molecule has 2 atom stereocenters. The molecule has 0 aliphatic heterocycles. The van der Waals surface area contributed by atoms with Crippen molar-refractivity contribution in [3.63, 3.8) is 0 Å². The molecule has 1 heterocycles. The largest absolute Gasteiger partial charge is 0.490 e. The fourth-order valence-electron chi connectivity index (χ4n) is 2.01. The molecule has 0 saturated heterocycles. The second-order valence-electron chi connectivity index (χ2n) is 4.27. The zero-order chi connectivity index (χ0) is 12.3. The average Bonchev–Trinajstić information content (AvgIpc) is 2.74. The van der Waals surface area contributed by atoms with E-state index in [1.165, 1.54) is 0 Å². The van der Waals surface area contributed by atoms with E-state index in [0.29, 0.717) is 11.4 Å². The van der Waals surface area contributed by atoms with Gasteiger partial charge in [0.2, 0.25) is 0 Å². The highest BCUT2D eigenvalue weighted by Crippen LogP contribution is 2.23. The van der Waals surface area contributed by atoms with Crippen LogP contribution in [0.4, 0.5) is 0 Å². The van der Waals surface area contributed by atoms with E-state index in [1.807, 2.05) is 0 Å². The number of hydrogen-bond acceptors (Lipinski definition) is 4. The highest BCUT2D eigenvalue weighted by molar-refractivity contribution is 5.92. The summed E-state index contributed by atoms with van der Waals surface area (Å²) in [7, 11) is 1.58. The first-order valence-corrected chi connectivity index (χ1v) is 5.79. The minimum Gasteiger partial charge on any atom is -0.490 e. The monoisotopic (exact) mass is 235 g/mol. The van der Waals surface area contributed by atoms with Gasteiger partial charge in [0.15, 0.2) is 0 Å². The summed E-state index contributed by atoms with van der Waals surface area (Å²) in [4.78, 5) is 15.4. The van der Waals surface area contributed by atoms with Gasteiger partial charge in [0.1, 0.15) is 17.5 Å². The van der Waals surface area contributed by atoms with Crippen molar-refractivity contribution in [2.75, 3.05) is 7.05 Å². The molecule has 2 rings (SSSR count). The molecule has 5 nitrogen and oxygen atoms in total. The summed E-state index contributed by atoms with van der Waals surface area (Å²) >= 11 is 0. The molecule has 1 aromatic rings. The Kier molecular flexibility index (Phi) is 3.58. The van der Waals surface area contributed by atoms with Crippen molar-refractivity contribution < 1.29 is 9.53 Å². The molecule has 1 fully saturated rings. The Labute approximate surface area is 100 Å². The fourth-order valence-corrected chi connectivity index (χ4v) is 2.01. The number of hydrogen-bond donors (Lipinski definition) is 2. The predicted octanol–water partition coefficient (Wildman–Crippen LogP) is 0.700. The standard InChI is InChI=1S/C12H17N3O2/c1-14-12(16)11-7-10(4-5-15-11)17-9-3-2-8(13)6-9/h4-5,7-9H,2-3,6,13H2,1H3,(H,14,16). The lowest BCUT2D eigenvalue weighted by Crippen LogP contribution is -2.20. The Morgan fingerprint density at radius 3 is 3.06 bits per heavy atom. The lowest BCUT2D eigenvalue weighted by molar-refractivity contribution is 0.0957. The Balaban J connectivity index is 2.03. The van der Waals surface area contributed by atoms with Crippen molar-refractivity contribution >= 4 is 5.91 Å². The summed E-state index contributed by atoms with van der Waals surface area (Å²) in [5, 5.41) is 2.53. The summed E-state index contributed by atoms with van der Waals surface area (Å²) in [6.07, 6.45) is 4.58. The smallest absolute Gasteiger partial charge is 0.269 e. The highest BCUT2D eigenvalue weighted by atomic mass is 16.5. The first kappa shape index (κ1) is 11.9. The van der Waals surface area contributed by atoms with Crippen LogP contribution in [-0.2, 0) is 0 Å². The Bertz CT molecular complexity index is 408. The maximum absolute atomic E-state index is 11.4. The van der Waals surface area contributed by atoms with Crippen LogP contribution in [0.5, 0.6) is 5.75 Å². The molecule has 17 heavy (non-hydrogen) atoms. The summed E-state index contributed by atoms with van der Waals surface area (Å²) in [5.41, 5.74) is 6.19. The summed E-state index contributed by atoms with van der Waals surface area (Å²) in [5.74, 6) is 0.469. The van der Waals surface area contributed by atoms with Gasteiger partial charge in [0.25, 0.3) is 5.91 Å². The van der Waals surface area contributed by atoms with Crippen molar-refractivity contribution in [3.05, 3.63) is 24.0 Å². The quantitative estimate of drug-likeness (QED) is 0.808. The molecule has 1 aliphatic rings. The molecule has 3 N–H and O–H groups in total. The lowest BCUT2D eigenvalue weighted by atomic mass is 10.2. The van der Waals surface area contributed by atoms with E-state index in [-0.39, 0.29) is 18.1 Å². The SMILES string of the molecule is CNC(=O)c1cc(OC2CCC(N)C2)ccn1. The summed E-state index contributed by atoms with van der Waals surface area (Å²) in [6, 6.07) is 3.65. The molecule has 92 valence electrons. The topological polar surface area (TPSA) is 77.2 Å². The van der Waals surface area contributed by atoms with Crippen LogP contribution < -0.4 is 15.8 Å². The van der Waals surface area contributed by atoms with Crippen molar-refractivity contribution in [1.29, 1.82) is 0 Å². The van der Waals surface area contributed by atoms with Gasteiger partial charge in [-0.2, -0.15) is 0 Å². The average molecular weight is 235 g/mol.